The molecular formula is C13H21N3O. The van der Waals surface area contributed by atoms with E-state index in [1.807, 2.05) is 45.0 Å². The fraction of sp³-hybridized carbons (Fsp3) is 0.462. The third-order valence-corrected chi connectivity index (χ3v) is 2.45. The molecular weight excluding hydrogens is 214 g/mol. The lowest BCUT2D eigenvalue weighted by atomic mass is 9.95. The summed E-state index contributed by atoms with van der Waals surface area (Å²) in [4.78, 5) is 11.8. The fourth-order valence-corrected chi connectivity index (χ4v) is 1.29. The first-order valence-corrected chi connectivity index (χ1v) is 5.77. The highest BCUT2D eigenvalue weighted by molar-refractivity contribution is 5.94. The van der Waals surface area contributed by atoms with E-state index in [1.54, 1.807) is 0 Å². The molecule has 0 bridgehead atoms. The minimum absolute atomic E-state index is 0.0221. The Morgan fingerprint density at radius 1 is 1.24 bits per heavy atom. The van der Waals surface area contributed by atoms with Crippen molar-refractivity contribution in [2.75, 3.05) is 11.9 Å². The Morgan fingerprint density at radius 2 is 1.82 bits per heavy atom. The van der Waals surface area contributed by atoms with E-state index in [4.69, 9.17) is 5.84 Å². The monoisotopic (exact) mass is 235 g/mol. The number of nitrogens with one attached hydrogen (secondary N) is 2. The largest absolute Gasteiger partial charge is 0.326 e. The van der Waals surface area contributed by atoms with E-state index in [2.05, 4.69) is 10.7 Å². The van der Waals surface area contributed by atoms with Crippen LogP contribution in [0.1, 0.15) is 26.3 Å². The number of amides is 1. The van der Waals surface area contributed by atoms with Crippen molar-refractivity contribution in [3.05, 3.63) is 29.8 Å². The smallest absolute Gasteiger partial charge is 0.229 e. The van der Waals surface area contributed by atoms with E-state index in [1.165, 1.54) is 5.56 Å². The predicted octanol–water partition coefficient (Wildman–Crippen LogP) is 1.68. The van der Waals surface area contributed by atoms with Gasteiger partial charge in [-0.2, -0.15) is 0 Å². The third kappa shape index (κ3) is 4.54. The zero-order valence-corrected chi connectivity index (χ0v) is 10.7. The molecule has 0 heterocycles. The highest BCUT2D eigenvalue weighted by Gasteiger charge is 2.20. The molecule has 1 aromatic rings. The second-order valence-corrected chi connectivity index (χ2v) is 5.11. The van der Waals surface area contributed by atoms with Gasteiger partial charge in [-0.3, -0.25) is 16.1 Å². The number of rotatable bonds is 4. The zero-order valence-electron chi connectivity index (χ0n) is 10.7. The Hall–Kier alpha value is -1.39. The lowest BCUT2D eigenvalue weighted by Gasteiger charge is -2.17. The molecule has 0 aliphatic carbocycles. The first kappa shape index (κ1) is 13.7. The molecule has 0 aliphatic rings. The van der Waals surface area contributed by atoms with Crippen molar-refractivity contribution in [1.82, 2.24) is 5.43 Å². The highest BCUT2D eigenvalue weighted by Crippen LogP contribution is 2.17. The number of hydrogen-bond donors (Lipinski definition) is 3. The van der Waals surface area contributed by atoms with Crippen LogP contribution in [0.25, 0.3) is 0 Å². The third-order valence-electron chi connectivity index (χ3n) is 2.45. The van der Waals surface area contributed by atoms with Crippen molar-refractivity contribution < 1.29 is 4.79 Å². The van der Waals surface area contributed by atoms with Crippen LogP contribution in [0.4, 0.5) is 5.69 Å². The van der Waals surface area contributed by atoms with E-state index < -0.39 is 0 Å². The van der Waals surface area contributed by atoms with Gasteiger partial charge in [0.15, 0.2) is 0 Å². The number of hydrazine groups is 1. The summed E-state index contributed by atoms with van der Waals surface area (Å²) in [5.74, 6) is 5.24. The summed E-state index contributed by atoms with van der Waals surface area (Å²) in [6, 6.07) is 7.82. The summed E-state index contributed by atoms with van der Waals surface area (Å²) in [5, 5.41) is 2.89. The van der Waals surface area contributed by atoms with Crippen LogP contribution in [0.5, 0.6) is 0 Å². The van der Waals surface area contributed by atoms with Gasteiger partial charge in [-0.05, 0) is 24.1 Å². The predicted molar refractivity (Wildman–Crippen MR) is 70.4 cm³/mol. The van der Waals surface area contributed by atoms with Gasteiger partial charge >= 0.3 is 0 Å². The second kappa shape index (κ2) is 5.80. The van der Waals surface area contributed by atoms with Crippen LogP contribution in [0.2, 0.25) is 0 Å². The Balaban J connectivity index is 2.59. The summed E-state index contributed by atoms with van der Waals surface area (Å²) in [6.07, 6.45) is 0.879. The minimum Gasteiger partial charge on any atom is -0.326 e. The van der Waals surface area contributed by atoms with Crippen LogP contribution in [0.15, 0.2) is 24.3 Å². The molecule has 4 N–H and O–H groups in total. The summed E-state index contributed by atoms with van der Waals surface area (Å²) in [7, 11) is 0. The molecule has 0 spiro atoms. The minimum atomic E-state index is -0.373. The lowest BCUT2D eigenvalue weighted by Crippen LogP contribution is -2.27. The van der Waals surface area contributed by atoms with Crippen LogP contribution >= 0.6 is 0 Å². The summed E-state index contributed by atoms with van der Waals surface area (Å²) in [6.45, 7) is 6.42. The van der Waals surface area contributed by atoms with E-state index in [0.29, 0.717) is 0 Å². The first-order chi connectivity index (χ1) is 7.93. The number of carbonyl (C=O) groups excluding carboxylic acids is 1. The maximum Gasteiger partial charge on any atom is 0.229 e. The molecule has 1 amide bonds. The Labute approximate surface area is 103 Å². The summed E-state index contributed by atoms with van der Waals surface area (Å²) in [5.41, 5.74) is 4.26. The van der Waals surface area contributed by atoms with Gasteiger partial charge in [-0.1, -0.05) is 32.9 Å². The van der Waals surface area contributed by atoms with Crippen LogP contribution in [0.3, 0.4) is 0 Å². The van der Waals surface area contributed by atoms with Gasteiger partial charge in [0.2, 0.25) is 5.91 Å². The second-order valence-electron chi connectivity index (χ2n) is 5.11. The molecule has 0 unspecified atom stereocenters. The topological polar surface area (TPSA) is 67.2 Å². The fourth-order valence-electron chi connectivity index (χ4n) is 1.29. The Morgan fingerprint density at radius 3 is 2.29 bits per heavy atom. The lowest BCUT2D eigenvalue weighted by molar-refractivity contribution is -0.123. The molecule has 94 valence electrons. The van der Waals surface area contributed by atoms with E-state index >= 15 is 0 Å². The van der Waals surface area contributed by atoms with E-state index in [9.17, 15) is 4.79 Å². The van der Waals surface area contributed by atoms with Crippen molar-refractivity contribution in [3.63, 3.8) is 0 Å². The Kier molecular flexibility index (Phi) is 4.66. The quantitative estimate of drug-likeness (QED) is 0.549. The molecule has 4 nitrogen and oxygen atoms in total. The van der Waals surface area contributed by atoms with Gasteiger partial charge in [0, 0.05) is 17.6 Å². The van der Waals surface area contributed by atoms with Crippen molar-refractivity contribution in [1.29, 1.82) is 0 Å². The number of carbonyl (C=O) groups is 1. The van der Waals surface area contributed by atoms with Crippen LogP contribution in [0, 0.1) is 5.41 Å². The molecule has 0 fully saturated rings. The molecule has 0 saturated carbocycles. The molecule has 17 heavy (non-hydrogen) atoms. The van der Waals surface area contributed by atoms with Crippen molar-refractivity contribution >= 4 is 11.6 Å². The molecule has 0 aliphatic heterocycles. The van der Waals surface area contributed by atoms with Crippen molar-refractivity contribution in [2.45, 2.75) is 27.2 Å². The Bertz CT molecular complexity index is 365. The summed E-state index contributed by atoms with van der Waals surface area (Å²) < 4.78 is 0. The van der Waals surface area contributed by atoms with Crippen molar-refractivity contribution in [3.8, 4) is 0 Å². The first-order valence-electron chi connectivity index (χ1n) is 5.77. The van der Waals surface area contributed by atoms with Crippen molar-refractivity contribution in [2.24, 2.45) is 11.3 Å². The van der Waals surface area contributed by atoms with Crippen LogP contribution < -0.4 is 16.6 Å². The molecule has 0 saturated heterocycles. The maximum atomic E-state index is 11.8. The SMILES string of the molecule is CC(C)(C)C(=O)Nc1ccc(CCNN)cc1. The van der Waals surface area contributed by atoms with E-state index in [0.717, 1.165) is 18.7 Å². The van der Waals surface area contributed by atoms with Gasteiger partial charge in [-0.25, -0.2) is 0 Å². The highest BCUT2D eigenvalue weighted by atomic mass is 16.2. The molecule has 0 atom stereocenters. The van der Waals surface area contributed by atoms with Gasteiger partial charge in [0.1, 0.15) is 0 Å². The van der Waals surface area contributed by atoms with Gasteiger partial charge in [0.05, 0.1) is 0 Å². The average Bonchev–Trinajstić information content (AvgIpc) is 2.27. The van der Waals surface area contributed by atoms with Gasteiger partial charge < -0.3 is 5.32 Å². The normalized spacial score (nSPS) is 11.3. The maximum absolute atomic E-state index is 11.8. The van der Waals surface area contributed by atoms with Crippen LogP contribution in [-0.2, 0) is 11.2 Å². The molecule has 0 radical (unpaired) electrons. The standard InChI is InChI=1S/C13H21N3O/c1-13(2,3)12(17)16-11-6-4-10(5-7-11)8-9-15-14/h4-7,15H,8-9,14H2,1-3H3,(H,16,17). The van der Waals surface area contributed by atoms with E-state index in [-0.39, 0.29) is 11.3 Å². The number of nitrogens with two attached hydrogens (primary N) is 1. The molecule has 4 heteroatoms. The molecule has 1 rings (SSSR count). The number of hydrogen-bond acceptors (Lipinski definition) is 3. The summed E-state index contributed by atoms with van der Waals surface area (Å²) >= 11 is 0. The van der Waals surface area contributed by atoms with Gasteiger partial charge in [-0.15, -0.1) is 0 Å². The molecule has 1 aromatic carbocycles. The zero-order chi connectivity index (χ0) is 12.9. The van der Waals surface area contributed by atoms with Crippen LogP contribution in [-0.4, -0.2) is 12.5 Å². The number of anilines is 1. The van der Waals surface area contributed by atoms with Gasteiger partial charge in [0.25, 0.3) is 0 Å². The average molecular weight is 235 g/mol. The molecule has 0 aromatic heterocycles. The number of benzene rings is 1.